The Morgan fingerprint density at radius 3 is 2.37 bits per heavy atom. The van der Waals surface area contributed by atoms with Gasteiger partial charge in [-0.05, 0) is 26.0 Å². The Kier molecular flexibility index (Phi) is 5.83. The lowest BCUT2D eigenvalue weighted by Gasteiger charge is -2.34. The number of carbonyl (C=O) groups is 3. The fraction of sp³-hybridized carbons (Fsp3) is 0.526. The van der Waals surface area contributed by atoms with Crippen molar-refractivity contribution in [2.45, 2.75) is 26.3 Å². The lowest BCUT2D eigenvalue weighted by atomic mass is 10.2. The summed E-state index contributed by atoms with van der Waals surface area (Å²) in [5.41, 5.74) is 1.99. The average Bonchev–Trinajstić information content (AvgIpc) is 3.02. The topological polar surface area (TPSA) is 82.2 Å². The van der Waals surface area contributed by atoms with Gasteiger partial charge in [-0.1, -0.05) is 17.7 Å². The molecule has 2 aliphatic heterocycles. The number of anilines is 1. The summed E-state index contributed by atoms with van der Waals surface area (Å²) < 4.78 is 4.98. The molecule has 0 bridgehead atoms. The maximum absolute atomic E-state index is 12.5. The molecule has 0 aliphatic carbocycles. The number of hydrogen-bond acceptors (Lipinski definition) is 4. The highest BCUT2D eigenvalue weighted by Gasteiger charge is 2.33. The third-order valence-electron chi connectivity index (χ3n) is 4.89. The van der Waals surface area contributed by atoms with Gasteiger partial charge in [0.05, 0.1) is 12.6 Å². The Bertz CT molecular complexity index is 698. The Balaban J connectivity index is 1.50. The van der Waals surface area contributed by atoms with E-state index in [1.165, 1.54) is 0 Å². The summed E-state index contributed by atoms with van der Waals surface area (Å²) in [4.78, 5) is 41.5. The van der Waals surface area contributed by atoms with E-state index < -0.39 is 0 Å². The second kappa shape index (κ2) is 8.28. The Hall–Kier alpha value is -2.77. The van der Waals surface area contributed by atoms with Crippen LogP contribution in [0.1, 0.15) is 18.9 Å². The van der Waals surface area contributed by atoms with E-state index in [1.54, 1.807) is 21.6 Å². The second-order valence-electron chi connectivity index (χ2n) is 6.86. The second-order valence-corrected chi connectivity index (χ2v) is 6.86. The highest BCUT2D eigenvalue weighted by molar-refractivity contribution is 5.96. The average molecular weight is 374 g/mol. The summed E-state index contributed by atoms with van der Waals surface area (Å²) in [5.74, 6) is 0.0104. The van der Waals surface area contributed by atoms with Gasteiger partial charge < -0.3 is 24.8 Å². The summed E-state index contributed by atoms with van der Waals surface area (Å²) in [6.45, 7) is 6.38. The van der Waals surface area contributed by atoms with Crippen molar-refractivity contribution in [3.8, 4) is 0 Å². The van der Waals surface area contributed by atoms with Crippen molar-refractivity contribution in [2.24, 2.45) is 0 Å². The van der Waals surface area contributed by atoms with Crippen LogP contribution in [-0.2, 0) is 9.53 Å². The standard InChI is InChI=1S/C19H26N4O4/c1-3-27-19(26)22-10-8-21(9-11-22)18(25)20-15-12-17(24)23(13-15)16-6-4-14(2)5-7-16/h4-7,15H,3,8-13H2,1-2H3,(H,20,25)/t15-/m0/s1. The van der Waals surface area contributed by atoms with Crippen LogP contribution in [0.4, 0.5) is 15.3 Å². The zero-order valence-electron chi connectivity index (χ0n) is 15.8. The van der Waals surface area contributed by atoms with Gasteiger partial charge in [0.15, 0.2) is 0 Å². The highest BCUT2D eigenvalue weighted by Crippen LogP contribution is 2.22. The van der Waals surface area contributed by atoms with Gasteiger partial charge in [-0.3, -0.25) is 4.79 Å². The number of nitrogens with zero attached hydrogens (tertiary/aromatic N) is 3. The first-order valence-corrected chi connectivity index (χ1v) is 9.32. The molecule has 0 saturated carbocycles. The van der Waals surface area contributed by atoms with Gasteiger partial charge in [0.1, 0.15) is 0 Å². The molecule has 1 atom stereocenters. The number of rotatable bonds is 3. The normalized spacial score (nSPS) is 20.0. The molecule has 1 aromatic rings. The van der Waals surface area contributed by atoms with Gasteiger partial charge >= 0.3 is 12.1 Å². The maximum Gasteiger partial charge on any atom is 0.409 e. The molecule has 2 fully saturated rings. The van der Waals surface area contributed by atoms with Crippen LogP contribution in [0, 0.1) is 6.92 Å². The summed E-state index contributed by atoms with van der Waals surface area (Å²) in [6.07, 6.45) is -0.0460. The fourth-order valence-corrected chi connectivity index (χ4v) is 3.35. The van der Waals surface area contributed by atoms with Crippen molar-refractivity contribution < 1.29 is 19.1 Å². The predicted octanol–water partition coefficient (Wildman–Crippen LogP) is 1.58. The number of amides is 4. The molecule has 1 aromatic carbocycles. The minimum atomic E-state index is -0.340. The lowest BCUT2D eigenvalue weighted by Crippen LogP contribution is -2.54. The largest absolute Gasteiger partial charge is 0.450 e. The molecular formula is C19H26N4O4. The van der Waals surface area contributed by atoms with Gasteiger partial charge in [-0.25, -0.2) is 9.59 Å². The number of urea groups is 1. The number of piperazine rings is 1. The molecule has 8 nitrogen and oxygen atoms in total. The van der Waals surface area contributed by atoms with Gasteiger partial charge in [0, 0.05) is 44.8 Å². The summed E-state index contributed by atoms with van der Waals surface area (Å²) in [7, 11) is 0. The van der Waals surface area contributed by atoms with Crippen molar-refractivity contribution in [2.75, 3.05) is 44.2 Å². The van der Waals surface area contributed by atoms with E-state index >= 15 is 0 Å². The van der Waals surface area contributed by atoms with Gasteiger partial charge in [0.25, 0.3) is 0 Å². The van der Waals surface area contributed by atoms with Crippen LogP contribution >= 0.6 is 0 Å². The summed E-state index contributed by atoms with van der Waals surface area (Å²) >= 11 is 0. The molecule has 2 heterocycles. The smallest absolute Gasteiger partial charge is 0.409 e. The summed E-state index contributed by atoms with van der Waals surface area (Å²) in [5, 5.41) is 2.95. The van der Waals surface area contributed by atoms with E-state index in [-0.39, 0.29) is 24.1 Å². The predicted molar refractivity (Wildman–Crippen MR) is 101 cm³/mol. The van der Waals surface area contributed by atoms with E-state index in [4.69, 9.17) is 4.74 Å². The molecule has 0 unspecified atom stereocenters. The summed E-state index contributed by atoms with van der Waals surface area (Å²) in [6, 6.07) is 7.38. The molecule has 3 rings (SSSR count). The number of nitrogens with one attached hydrogen (secondary N) is 1. The number of hydrogen-bond donors (Lipinski definition) is 1. The first kappa shape index (κ1) is 19.0. The molecule has 2 saturated heterocycles. The number of carbonyl (C=O) groups excluding carboxylic acids is 3. The van der Waals surface area contributed by atoms with Crippen LogP contribution in [0.5, 0.6) is 0 Å². The van der Waals surface area contributed by atoms with E-state index in [0.29, 0.717) is 45.8 Å². The van der Waals surface area contributed by atoms with Crippen LogP contribution in [0.25, 0.3) is 0 Å². The molecule has 0 spiro atoms. The molecule has 2 aliphatic rings. The molecule has 0 aromatic heterocycles. The third kappa shape index (κ3) is 4.50. The van der Waals surface area contributed by atoms with Crippen LogP contribution in [0.3, 0.4) is 0 Å². The molecule has 0 radical (unpaired) electrons. The quantitative estimate of drug-likeness (QED) is 0.871. The number of ether oxygens (including phenoxy) is 1. The maximum atomic E-state index is 12.5. The molecule has 146 valence electrons. The fourth-order valence-electron chi connectivity index (χ4n) is 3.35. The van der Waals surface area contributed by atoms with Crippen LogP contribution in [0.2, 0.25) is 0 Å². The van der Waals surface area contributed by atoms with Crippen molar-refractivity contribution in [1.29, 1.82) is 0 Å². The highest BCUT2D eigenvalue weighted by atomic mass is 16.6. The third-order valence-corrected chi connectivity index (χ3v) is 4.89. The molecule has 4 amide bonds. The van der Waals surface area contributed by atoms with Crippen LogP contribution in [-0.4, -0.2) is 73.2 Å². The Labute approximate surface area is 159 Å². The van der Waals surface area contributed by atoms with E-state index in [9.17, 15) is 14.4 Å². The monoisotopic (exact) mass is 374 g/mol. The van der Waals surface area contributed by atoms with Crippen molar-refractivity contribution in [3.05, 3.63) is 29.8 Å². The van der Waals surface area contributed by atoms with Gasteiger partial charge in [-0.15, -0.1) is 0 Å². The van der Waals surface area contributed by atoms with Crippen molar-refractivity contribution in [1.82, 2.24) is 15.1 Å². The van der Waals surface area contributed by atoms with Gasteiger partial charge in [-0.2, -0.15) is 0 Å². The zero-order chi connectivity index (χ0) is 19.4. The first-order valence-electron chi connectivity index (χ1n) is 9.32. The van der Waals surface area contributed by atoms with E-state index in [0.717, 1.165) is 11.3 Å². The van der Waals surface area contributed by atoms with Crippen LogP contribution in [0.15, 0.2) is 24.3 Å². The van der Waals surface area contributed by atoms with E-state index in [1.807, 2.05) is 31.2 Å². The Morgan fingerprint density at radius 2 is 1.74 bits per heavy atom. The Morgan fingerprint density at radius 1 is 1.11 bits per heavy atom. The minimum absolute atomic E-state index is 0.0104. The van der Waals surface area contributed by atoms with Gasteiger partial charge in [0.2, 0.25) is 5.91 Å². The molecule has 8 heteroatoms. The van der Waals surface area contributed by atoms with Crippen LogP contribution < -0.4 is 10.2 Å². The lowest BCUT2D eigenvalue weighted by molar-refractivity contribution is -0.117. The van der Waals surface area contributed by atoms with E-state index in [2.05, 4.69) is 5.32 Å². The van der Waals surface area contributed by atoms with Crippen molar-refractivity contribution >= 4 is 23.7 Å². The zero-order valence-corrected chi connectivity index (χ0v) is 15.8. The molecular weight excluding hydrogens is 348 g/mol. The molecule has 1 N–H and O–H groups in total. The molecule has 27 heavy (non-hydrogen) atoms. The first-order chi connectivity index (χ1) is 13.0. The minimum Gasteiger partial charge on any atom is -0.450 e. The SMILES string of the molecule is CCOC(=O)N1CCN(C(=O)N[C@H]2CC(=O)N(c3ccc(C)cc3)C2)CC1. The number of benzene rings is 1. The van der Waals surface area contributed by atoms with Crippen molar-refractivity contribution in [3.63, 3.8) is 0 Å². The number of aryl methyl sites for hydroxylation is 1.